The Morgan fingerprint density at radius 1 is 1.03 bits per heavy atom. The second-order valence-electron chi connectivity index (χ2n) is 8.96. The number of anilines is 1. The molecule has 0 aliphatic carbocycles. The fourth-order valence-corrected chi connectivity index (χ4v) is 4.51. The first-order valence-electron chi connectivity index (χ1n) is 11.8. The highest BCUT2D eigenvalue weighted by atomic mass is 32.1. The zero-order valence-corrected chi connectivity index (χ0v) is 21.7. The lowest BCUT2D eigenvalue weighted by molar-refractivity contribution is -0.122. The summed E-state index contributed by atoms with van der Waals surface area (Å²) in [6, 6.07) is 17.3. The minimum Gasteiger partial charge on any atom is -0.490 e. The number of amides is 2. The summed E-state index contributed by atoms with van der Waals surface area (Å²) in [6.07, 6.45) is 3.33. The first-order valence-corrected chi connectivity index (χ1v) is 12.2. The summed E-state index contributed by atoms with van der Waals surface area (Å²) in [6.45, 7) is 12.3. The van der Waals surface area contributed by atoms with Gasteiger partial charge in [-0.15, -0.1) is 0 Å². The zero-order chi connectivity index (χ0) is 26.0. The molecule has 4 rings (SSSR count). The van der Waals surface area contributed by atoms with Gasteiger partial charge in [0.1, 0.15) is 17.9 Å². The van der Waals surface area contributed by atoms with Crippen molar-refractivity contribution in [3.8, 4) is 11.4 Å². The first kappa shape index (κ1) is 25.1. The molecule has 3 aromatic rings. The molecule has 0 unspecified atom stereocenters. The minimum atomic E-state index is -0.506. The van der Waals surface area contributed by atoms with Gasteiger partial charge in [0.25, 0.3) is 11.8 Å². The van der Waals surface area contributed by atoms with Crippen molar-refractivity contribution in [2.75, 3.05) is 11.5 Å². The van der Waals surface area contributed by atoms with Crippen LogP contribution in [0.5, 0.6) is 5.75 Å². The van der Waals surface area contributed by atoms with Crippen LogP contribution in [0.1, 0.15) is 42.3 Å². The molecule has 7 heteroatoms. The van der Waals surface area contributed by atoms with E-state index < -0.39 is 11.8 Å². The third-order valence-electron chi connectivity index (χ3n) is 6.15. The second-order valence-corrected chi connectivity index (χ2v) is 9.35. The lowest BCUT2D eigenvalue weighted by Gasteiger charge is -2.29. The van der Waals surface area contributed by atoms with E-state index in [9.17, 15) is 9.59 Å². The number of rotatable bonds is 7. The molecular formula is C29H29N3O3S. The van der Waals surface area contributed by atoms with Crippen molar-refractivity contribution in [2.45, 2.75) is 33.6 Å². The average Bonchev–Trinajstić information content (AvgIpc) is 3.13. The molecule has 6 nitrogen and oxygen atoms in total. The number of aryl methyl sites for hydroxylation is 1. The number of nitrogens with zero attached hydrogens (tertiary/aromatic N) is 2. The van der Waals surface area contributed by atoms with E-state index in [1.165, 1.54) is 4.90 Å². The van der Waals surface area contributed by atoms with Crippen molar-refractivity contribution in [1.82, 2.24) is 9.88 Å². The summed E-state index contributed by atoms with van der Waals surface area (Å²) in [7, 11) is 0. The molecule has 1 fully saturated rings. The smallest absolute Gasteiger partial charge is 0.270 e. The van der Waals surface area contributed by atoms with Gasteiger partial charge in [0, 0.05) is 17.1 Å². The van der Waals surface area contributed by atoms with E-state index in [2.05, 4.69) is 30.3 Å². The summed E-state index contributed by atoms with van der Waals surface area (Å²) in [4.78, 5) is 27.6. The predicted octanol–water partition coefficient (Wildman–Crippen LogP) is 5.61. The van der Waals surface area contributed by atoms with Gasteiger partial charge in [-0.05, 0) is 91.7 Å². The summed E-state index contributed by atoms with van der Waals surface area (Å²) in [5, 5.41) is 2.74. The fourth-order valence-electron chi connectivity index (χ4n) is 4.23. The van der Waals surface area contributed by atoms with Crippen molar-refractivity contribution in [1.29, 1.82) is 0 Å². The predicted molar refractivity (Wildman–Crippen MR) is 148 cm³/mol. The largest absolute Gasteiger partial charge is 0.490 e. The molecule has 1 aliphatic rings. The molecule has 184 valence electrons. The number of thiocarbonyl (C=S) groups is 1. The average molecular weight is 500 g/mol. The monoisotopic (exact) mass is 499 g/mol. The third kappa shape index (κ3) is 4.88. The van der Waals surface area contributed by atoms with Gasteiger partial charge in [-0.3, -0.25) is 19.8 Å². The standard InChI is InChI=1S/C29H29N3O3S/c1-6-15-35-25-13-11-23(12-14-25)31-19(4)16-22(20(31)5)17-26-27(33)30-29(36)32(28(26)34)24-9-7-21(8-10-24)18(2)3/h6-14,16-18H,1,15H2,2-5H3,(H,30,33,36)/b26-17+. The van der Waals surface area contributed by atoms with Crippen LogP contribution in [0.25, 0.3) is 11.8 Å². The van der Waals surface area contributed by atoms with Crippen LogP contribution in [0, 0.1) is 13.8 Å². The van der Waals surface area contributed by atoms with E-state index in [1.54, 1.807) is 12.2 Å². The number of aromatic nitrogens is 1. The van der Waals surface area contributed by atoms with E-state index >= 15 is 0 Å². The molecule has 0 saturated carbocycles. The quantitative estimate of drug-likeness (QED) is 0.199. The second kappa shape index (κ2) is 10.3. The molecule has 0 radical (unpaired) electrons. The van der Waals surface area contributed by atoms with Crippen LogP contribution in [0.15, 0.2) is 72.8 Å². The van der Waals surface area contributed by atoms with Gasteiger partial charge in [0.15, 0.2) is 5.11 Å². The van der Waals surface area contributed by atoms with Gasteiger partial charge in [-0.1, -0.05) is 38.6 Å². The molecule has 0 bridgehead atoms. The topological polar surface area (TPSA) is 63.6 Å². The number of benzene rings is 2. The molecule has 36 heavy (non-hydrogen) atoms. The lowest BCUT2D eigenvalue weighted by atomic mass is 10.0. The zero-order valence-electron chi connectivity index (χ0n) is 20.9. The maximum atomic E-state index is 13.4. The summed E-state index contributed by atoms with van der Waals surface area (Å²) >= 11 is 5.34. The van der Waals surface area contributed by atoms with E-state index in [0.717, 1.165) is 34.0 Å². The Bertz CT molecular complexity index is 1370. The fraction of sp³-hybridized carbons (Fsp3) is 0.207. The number of carbonyl (C=O) groups is 2. The Morgan fingerprint density at radius 2 is 1.67 bits per heavy atom. The van der Waals surface area contributed by atoms with Gasteiger partial charge in [-0.2, -0.15) is 0 Å². The number of ether oxygens (including phenoxy) is 1. The summed E-state index contributed by atoms with van der Waals surface area (Å²) in [5.74, 6) is 0.165. The van der Waals surface area contributed by atoms with Gasteiger partial charge < -0.3 is 9.30 Å². The maximum absolute atomic E-state index is 13.4. The van der Waals surface area contributed by atoms with E-state index in [-0.39, 0.29) is 10.7 Å². The SMILES string of the molecule is C=CCOc1ccc(-n2c(C)cc(/C=C3\C(=O)NC(=S)N(c4ccc(C(C)C)cc4)C3=O)c2C)cc1. The molecule has 0 spiro atoms. The van der Waals surface area contributed by atoms with Crippen molar-refractivity contribution < 1.29 is 14.3 Å². The number of hydrogen-bond donors (Lipinski definition) is 1. The minimum absolute atomic E-state index is 0.0324. The van der Waals surface area contributed by atoms with E-state index in [0.29, 0.717) is 18.2 Å². The summed E-state index contributed by atoms with van der Waals surface area (Å²) in [5.41, 5.74) is 5.41. The highest BCUT2D eigenvalue weighted by Crippen LogP contribution is 2.28. The molecule has 2 heterocycles. The highest BCUT2D eigenvalue weighted by Gasteiger charge is 2.34. The van der Waals surface area contributed by atoms with Crippen LogP contribution < -0.4 is 15.0 Å². The molecule has 1 N–H and O–H groups in total. The summed E-state index contributed by atoms with van der Waals surface area (Å²) < 4.78 is 7.65. The normalized spacial score (nSPS) is 15.0. The van der Waals surface area contributed by atoms with Crippen molar-refractivity contribution in [2.24, 2.45) is 0 Å². The molecule has 2 aromatic carbocycles. The number of nitrogens with one attached hydrogen (secondary N) is 1. The Labute approximate surface area is 216 Å². The lowest BCUT2D eigenvalue weighted by Crippen LogP contribution is -2.54. The molecule has 1 aromatic heterocycles. The van der Waals surface area contributed by atoms with Crippen LogP contribution >= 0.6 is 12.2 Å². The molecule has 0 atom stereocenters. The van der Waals surface area contributed by atoms with Crippen molar-refractivity contribution in [3.63, 3.8) is 0 Å². The van der Waals surface area contributed by atoms with E-state index in [4.69, 9.17) is 17.0 Å². The number of carbonyl (C=O) groups excluding carboxylic acids is 2. The van der Waals surface area contributed by atoms with Gasteiger partial charge >= 0.3 is 0 Å². The maximum Gasteiger partial charge on any atom is 0.270 e. The van der Waals surface area contributed by atoms with Crippen molar-refractivity contribution in [3.05, 3.63) is 95.3 Å². The van der Waals surface area contributed by atoms with Crippen LogP contribution in [-0.2, 0) is 9.59 Å². The molecular weight excluding hydrogens is 470 g/mol. The molecule has 2 amide bonds. The molecule has 1 saturated heterocycles. The third-order valence-corrected chi connectivity index (χ3v) is 6.44. The van der Waals surface area contributed by atoms with Crippen molar-refractivity contribution >= 4 is 40.9 Å². The van der Waals surface area contributed by atoms with Crippen LogP contribution in [0.2, 0.25) is 0 Å². The number of hydrogen-bond acceptors (Lipinski definition) is 4. The Kier molecular flexibility index (Phi) is 7.22. The van der Waals surface area contributed by atoms with Crippen LogP contribution in [-0.4, -0.2) is 28.1 Å². The van der Waals surface area contributed by atoms with Gasteiger partial charge in [0.2, 0.25) is 0 Å². The first-order chi connectivity index (χ1) is 17.2. The molecule has 1 aliphatic heterocycles. The highest BCUT2D eigenvalue weighted by molar-refractivity contribution is 7.80. The van der Waals surface area contributed by atoms with E-state index in [1.807, 2.05) is 68.4 Å². The van der Waals surface area contributed by atoms with Crippen LogP contribution in [0.3, 0.4) is 0 Å². The Balaban J connectivity index is 1.67. The van der Waals surface area contributed by atoms with Crippen LogP contribution in [0.4, 0.5) is 5.69 Å². The van der Waals surface area contributed by atoms with Gasteiger partial charge in [0.05, 0.1) is 5.69 Å². The van der Waals surface area contributed by atoms with Gasteiger partial charge in [-0.25, -0.2) is 0 Å². The Hall–Kier alpha value is -3.97. The Morgan fingerprint density at radius 3 is 2.28 bits per heavy atom.